The SMILES string of the molecule is C[CH]C(O)C1CCCC1. The average molecular weight is 127 g/mol. The topological polar surface area (TPSA) is 20.2 Å². The minimum Gasteiger partial charge on any atom is -0.393 e. The highest BCUT2D eigenvalue weighted by Crippen LogP contribution is 2.28. The maximum atomic E-state index is 9.30. The summed E-state index contributed by atoms with van der Waals surface area (Å²) < 4.78 is 0. The lowest BCUT2D eigenvalue weighted by atomic mass is 9.99. The molecule has 1 aliphatic rings. The highest BCUT2D eigenvalue weighted by atomic mass is 16.3. The van der Waals surface area contributed by atoms with Gasteiger partial charge >= 0.3 is 0 Å². The Bertz CT molecular complexity index is 74.6. The van der Waals surface area contributed by atoms with E-state index < -0.39 is 0 Å². The molecule has 1 atom stereocenters. The molecule has 0 bridgehead atoms. The van der Waals surface area contributed by atoms with Gasteiger partial charge in [-0.1, -0.05) is 19.8 Å². The van der Waals surface area contributed by atoms with Crippen LogP contribution >= 0.6 is 0 Å². The van der Waals surface area contributed by atoms with E-state index in [0.717, 1.165) is 0 Å². The van der Waals surface area contributed by atoms with Gasteiger partial charge in [-0.15, -0.1) is 0 Å². The second-order valence-electron chi connectivity index (χ2n) is 2.87. The molecule has 1 fully saturated rings. The summed E-state index contributed by atoms with van der Waals surface area (Å²) in [4.78, 5) is 0. The van der Waals surface area contributed by atoms with E-state index >= 15 is 0 Å². The highest BCUT2D eigenvalue weighted by molar-refractivity contribution is 4.81. The lowest BCUT2D eigenvalue weighted by molar-refractivity contribution is 0.141. The van der Waals surface area contributed by atoms with Crippen molar-refractivity contribution in [2.45, 2.75) is 38.7 Å². The summed E-state index contributed by atoms with van der Waals surface area (Å²) in [5.74, 6) is 0.579. The predicted octanol–water partition coefficient (Wildman–Crippen LogP) is 1.76. The molecular weight excluding hydrogens is 112 g/mol. The molecule has 0 aromatic rings. The number of hydrogen-bond acceptors (Lipinski definition) is 1. The molecule has 1 nitrogen and oxygen atoms in total. The molecule has 9 heavy (non-hydrogen) atoms. The van der Waals surface area contributed by atoms with E-state index in [1.807, 2.05) is 13.3 Å². The summed E-state index contributed by atoms with van der Waals surface area (Å²) >= 11 is 0. The predicted molar refractivity (Wildman–Crippen MR) is 37.9 cm³/mol. The molecule has 1 rings (SSSR count). The second-order valence-corrected chi connectivity index (χ2v) is 2.87. The Morgan fingerprint density at radius 1 is 1.44 bits per heavy atom. The summed E-state index contributed by atoms with van der Waals surface area (Å²) in [5, 5.41) is 9.30. The van der Waals surface area contributed by atoms with Crippen LogP contribution in [-0.4, -0.2) is 11.2 Å². The van der Waals surface area contributed by atoms with Gasteiger partial charge in [-0.25, -0.2) is 0 Å². The maximum Gasteiger partial charge on any atom is 0.0597 e. The Morgan fingerprint density at radius 3 is 2.44 bits per heavy atom. The van der Waals surface area contributed by atoms with Gasteiger partial charge in [0.05, 0.1) is 6.10 Å². The summed E-state index contributed by atoms with van der Waals surface area (Å²) in [5.41, 5.74) is 0. The lowest BCUT2D eigenvalue weighted by Gasteiger charge is -2.13. The average Bonchev–Trinajstić information content (AvgIpc) is 2.37. The number of aliphatic hydroxyl groups excluding tert-OH is 1. The number of aliphatic hydroxyl groups is 1. The molecule has 0 saturated heterocycles. The molecule has 1 aliphatic carbocycles. The Balaban J connectivity index is 2.24. The van der Waals surface area contributed by atoms with E-state index in [1.165, 1.54) is 25.7 Å². The van der Waals surface area contributed by atoms with Crippen LogP contribution in [0.5, 0.6) is 0 Å². The molecule has 53 valence electrons. The van der Waals surface area contributed by atoms with Gasteiger partial charge in [0.15, 0.2) is 0 Å². The Hall–Kier alpha value is -0.0400. The van der Waals surface area contributed by atoms with Crippen LogP contribution in [0.2, 0.25) is 0 Å². The highest BCUT2D eigenvalue weighted by Gasteiger charge is 2.21. The van der Waals surface area contributed by atoms with Gasteiger partial charge in [0.1, 0.15) is 0 Å². The first kappa shape index (κ1) is 7.07. The normalized spacial score (nSPS) is 24.7. The van der Waals surface area contributed by atoms with Gasteiger partial charge in [-0.05, 0) is 25.2 Å². The molecule has 0 aliphatic heterocycles. The van der Waals surface area contributed by atoms with Crippen LogP contribution in [0.3, 0.4) is 0 Å². The van der Waals surface area contributed by atoms with Crippen molar-refractivity contribution in [2.24, 2.45) is 5.92 Å². The van der Waals surface area contributed by atoms with E-state index in [0.29, 0.717) is 5.92 Å². The molecule has 1 radical (unpaired) electrons. The molecule has 1 N–H and O–H groups in total. The Morgan fingerprint density at radius 2 is 2.00 bits per heavy atom. The van der Waals surface area contributed by atoms with E-state index in [4.69, 9.17) is 0 Å². The molecule has 0 aromatic heterocycles. The summed E-state index contributed by atoms with van der Waals surface area (Å²) in [7, 11) is 0. The zero-order chi connectivity index (χ0) is 6.69. The second kappa shape index (κ2) is 3.21. The van der Waals surface area contributed by atoms with Crippen LogP contribution in [-0.2, 0) is 0 Å². The maximum absolute atomic E-state index is 9.30. The van der Waals surface area contributed by atoms with Crippen molar-refractivity contribution in [3.8, 4) is 0 Å². The monoisotopic (exact) mass is 127 g/mol. The smallest absolute Gasteiger partial charge is 0.0597 e. The van der Waals surface area contributed by atoms with Gasteiger partial charge in [0.25, 0.3) is 0 Å². The molecule has 1 saturated carbocycles. The molecule has 0 spiro atoms. The first-order valence-electron chi connectivity index (χ1n) is 3.82. The third kappa shape index (κ3) is 1.68. The van der Waals surface area contributed by atoms with Crippen LogP contribution in [0.25, 0.3) is 0 Å². The summed E-state index contributed by atoms with van der Waals surface area (Å²) in [6.45, 7) is 1.93. The molecule has 0 aromatic carbocycles. The van der Waals surface area contributed by atoms with E-state index in [2.05, 4.69) is 0 Å². The minimum absolute atomic E-state index is 0.132. The minimum atomic E-state index is -0.132. The van der Waals surface area contributed by atoms with Crippen molar-refractivity contribution >= 4 is 0 Å². The third-order valence-corrected chi connectivity index (χ3v) is 2.22. The van der Waals surface area contributed by atoms with Crippen molar-refractivity contribution in [1.29, 1.82) is 0 Å². The van der Waals surface area contributed by atoms with Crippen molar-refractivity contribution in [3.05, 3.63) is 6.42 Å². The third-order valence-electron chi connectivity index (χ3n) is 2.22. The van der Waals surface area contributed by atoms with Crippen molar-refractivity contribution < 1.29 is 5.11 Å². The van der Waals surface area contributed by atoms with Crippen LogP contribution < -0.4 is 0 Å². The first-order valence-corrected chi connectivity index (χ1v) is 3.82. The molecule has 0 amide bonds. The molecule has 0 heterocycles. The van der Waals surface area contributed by atoms with E-state index in [9.17, 15) is 5.11 Å². The fourth-order valence-electron chi connectivity index (χ4n) is 1.57. The molecular formula is C8H15O. The molecule has 1 heteroatoms. The van der Waals surface area contributed by atoms with Crippen LogP contribution in [0.1, 0.15) is 32.6 Å². The Kier molecular flexibility index (Phi) is 2.52. The van der Waals surface area contributed by atoms with Crippen molar-refractivity contribution in [3.63, 3.8) is 0 Å². The summed E-state index contributed by atoms with van der Waals surface area (Å²) in [6.07, 6.45) is 6.85. The quantitative estimate of drug-likeness (QED) is 0.599. The van der Waals surface area contributed by atoms with Crippen LogP contribution in [0.4, 0.5) is 0 Å². The van der Waals surface area contributed by atoms with E-state index in [-0.39, 0.29) is 6.10 Å². The van der Waals surface area contributed by atoms with Crippen LogP contribution in [0, 0.1) is 12.3 Å². The van der Waals surface area contributed by atoms with Crippen molar-refractivity contribution in [1.82, 2.24) is 0 Å². The van der Waals surface area contributed by atoms with Crippen molar-refractivity contribution in [2.75, 3.05) is 0 Å². The number of rotatable bonds is 2. The van der Waals surface area contributed by atoms with Gasteiger partial charge in [-0.3, -0.25) is 0 Å². The van der Waals surface area contributed by atoms with Gasteiger partial charge in [0.2, 0.25) is 0 Å². The fraction of sp³-hybridized carbons (Fsp3) is 0.875. The first-order chi connectivity index (χ1) is 4.34. The zero-order valence-corrected chi connectivity index (χ0v) is 6.01. The standard InChI is InChI=1S/C8H15O/c1-2-8(9)7-5-3-4-6-7/h2,7-9H,3-6H2,1H3. The number of hydrogen-bond donors (Lipinski definition) is 1. The lowest BCUT2D eigenvalue weighted by Crippen LogP contribution is -2.16. The van der Waals surface area contributed by atoms with Gasteiger partial charge < -0.3 is 5.11 Å². The Labute approximate surface area is 57.1 Å². The van der Waals surface area contributed by atoms with E-state index in [1.54, 1.807) is 0 Å². The summed E-state index contributed by atoms with van der Waals surface area (Å²) in [6, 6.07) is 0. The van der Waals surface area contributed by atoms with Gasteiger partial charge in [-0.2, -0.15) is 0 Å². The molecule has 1 unspecified atom stereocenters. The zero-order valence-electron chi connectivity index (χ0n) is 6.01. The van der Waals surface area contributed by atoms with Crippen LogP contribution in [0.15, 0.2) is 0 Å². The fourth-order valence-corrected chi connectivity index (χ4v) is 1.57. The van der Waals surface area contributed by atoms with Gasteiger partial charge in [0, 0.05) is 0 Å². The largest absolute Gasteiger partial charge is 0.393 e.